The third-order valence-electron chi connectivity index (χ3n) is 2.49. The van der Waals surface area contributed by atoms with E-state index in [1.165, 1.54) is 0 Å². The first kappa shape index (κ1) is 10.1. The van der Waals surface area contributed by atoms with Crippen molar-refractivity contribution in [2.24, 2.45) is 0 Å². The maximum absolute atomic E-state index is 11.4. The number of aromatic nitrogens is 3. The Balaban J connectivity index is 2.06. The molecule has 0 aliphatic carbocycles. The van der Waals surface area contributed by atoms with Crippen molar-refractivity contribution < 1.29 is 4.79 Å². The topological polar surface area (TPSA) is 71.8 Å². The van der Waals surface area contributed by atoms with Crippen LogP contribution in [0, 0.1) is 0 Å². The number of rotatable bonds is 3. The zero-order chi connectivity index (χ0) is 10.7. The molecule has 1 saturated heterocycles. The molecule has 1 aromatic rings. The molecular weight excluding hydrogens is 194 g/mol. The van der Waals surface area contributed by atoms with E-state index in [0.717, 1.165) is 19.5 Å². The summed E-state index contributed by atoms with van der Waals surface area (Å²) < 4.78 is 1.77. The lowest BCUT2D eigenvalue weighted by atomic mass is 10.3. The fraction of sp³-hybridized carbons (Fsp3) is 0.667. The molecule has 2 N–H and O–H groups in total. The molecule has 1 atom stereocenters. The van der Waals surface area contributed by atoms with Crippen LogP contribution in [0.1, 0.15) is 29.9 Å². The van der Waals surface area contributed by atoms with Crippen LogP contribution in [0.5, 0.6) is 0 Å². The molecule has 6 nitrogen and oxygen atoms in total. The smallest absolute Gasteiger partial charge is 0.273 e. The van der Waals surface area contributed by atoms with E-state index in [4.69, 9.17) is 0 Å². The molecular formula is C9H15N5O. The highest BCUT2D eigenvalue weighted by Crippen LogP contribution is 2.13. The lowest BCUT2D eigenvalue weighted by molar-refractivity contribution is 0.0951. The van der Waals surface area contributed by atoms with Crippen LogP contribution in [0.2, 0.25) is 0 Å². The third kappa shape index (κ3) is 2.15. The largest absolute Gasteiger partial charge is 0.351 e. The molecule has 1 fully saturated rings. The van der Waals surface area contributed by atoms with E-state index in [1.807, 2.05) is 6.92 Å². The van der Waals surface area contributed by atoms with Gasteiger partial charge in [-0.2, -0.15) is 0 Å². The molecule has 6 heteroatoms. The number of carbonyl (C=O) groups excluding carboxylic acids is 1. The Morgan fingerprint density at radius 3 is 3.33 bits per heavy atom. The SMILES string of the molecule is CCNC(=O)c1cn(C2CCNC2)nn1. The summed E-state index contributed by atoms with van der Waals surface area (Å²) >= 11 is 0. The van der Waals surface area contributed by atoms with E-state index in [2.05, 4.69) is 20.9 Å². The summed E-state index contributed by atoms with van der Waals surface area (Å²) in [5, 5.41) is 13.8. The summed E-state index contributed by atoms with van der Waals surface area (Å²) in [4.78, 5) is 11.4. The van der Waals surface area contributed by atoms with E-state index >= 15 is 0 Å². The summed E-state index contributed by atoms with van der Waals surface area (Å²) in [5.41, 5.74) is 0.392. The van der Waals surface area contributed by atoms with E-state index in [9.17, 15) is 4.79 Å². The van der Waals surface area contributed by atoms with Crippen LogP contribution >= 0.6 is 0 Å². The van der Waals surface area contributed by atoms with E-state index in [1.54, 1.807) is 10.9 Å². The van der Waals surface area contributed by atoms with Gasteiger partial charge in [-0.25, -0.2) is 4.68 Å². The van der Waals surface area contributed by atoms with Crippen molar-refractivity contribution in [2.75, 3.05) is 19.6 Å². The fourth-order valence-electron chi connectivity index (χ4n) is 1.68. The highest BCUT2D eigenvalue weighted by Gasteiger charge is 2.19. The summed E-state index contributed by atoms with van der Waals surface area (Å²) in [7, 11) is 0. The van der Waals surface area contributed by atoms with Gasteiger partial charge in [-0.3, -0.25) is 4.79 Å². The standard InChI is InChI=1S/C9H15N5O/c1-2-11-9(15)8-6-14(13-12-8)7-3-4-10-5-7/h6-7,10H,2-5H2,1H3,(H,11,15). The van der Waals surface area contributed by atoms with Crippen LogP contribution in [-0.4, -0.2) is 40.5 Å². The first-order chi connectivity index (χ1) is 7.31. The molecule has 0 aromatic carbocycles. The van der Waals surface area contributed by atoms with Gasteiger partial charge in [0.1, 0.15) is 0 Å². The summed E-state index contributed by atoms with van der Waals surface area (Å²) in [5.74, 6) is -0.158. The fourth-order valence-corrected chi connectivity index (χ4v) is 1.68. The highest BCUT2D eigenvalue weighted by atomic mass is 16.1. The predicted octanol–water partition coefficient (Wildman–Crippen LogP) is -0.438. The Labute approximate surface area is 88.0 Å². The van der Waals surface area contributed by atoms with Crippen molar-refractivity contribution >= 4 is 5.91 Å². The zero-order valence-corrected chi connectivity index (χ0v) is 8.73. The van der Waals surface area contributed by atoms with Crippen molar-refractivity contribution in [3.8, 4) is 0 Å². The van der Waals surface area contributed by atoms with Crippen LogP contribution in [0.15, 0.2) is 6.20 Å². The van der Waals surface area contributed by atoms with Crippen LogP contribution in [0.4, 0.5) is 0 Å². The number of nitrogens with zero attached hydrogens (tertiary/aromatic N) is 3. The van der Waals surface area contributed by atoms with Crippen LogP contribution < -0.4 is 10.6 Å². The molecule has 2 heterocycles. The first-order valence-electron chi connectivity index (χ1n) is 5.22. The van der Waals surface area contributed by atoms with Gasteiger partial charge in [-0.15, -0.1) is 5.10 Å². The summed E-state index contributed by atoms with van der Waals surface area (Å²) in [6, 6.07) is 0.334. The van der Waals surface area contributed by atoms with Gasteiger partial charge in [0.25, 0.3) is 5.91 Å². The molecule has 82 valence electrons. The van der Waals surface area contributed by atoms with Gasteiger partial charge in [-0.1, -0.05) is 5.21 Å². The number of nitrogens with one attached hydrogen (secondary N) is 2. The molecule has 1 aromatic heterocycles. The predicted molar refractivity (Wildman–Crippen MR) is 54.6 cm³/mol. The molecule has 1 aliphatic heterocycles. The molecule has 0 saturated carbocycles. The minimum atomic E-state index is -0.158. The zero-order valence-electron chi connectivity index (χ0n) is 8.73. The maximum atomic E-state index is 11.4. The number of carbonyl (C=O) groups is 1. The van der Waals surface area contributed by atoms with Gasteiger partial charge in [0.05, 0.1) is 12.2 Å². The Bertz CT molecular complexity index is 342. The number of hydrogen-bond donors (Lipinski definition) is 2. The Morgan fingerprint density at radius 1 is 1.80 bits per heavy atom. The normalized spacial score (nSPS) is 20.5. The third-order valence-corrected chi connectivity index (χ3v) is 2.49. The average molecular weight is 209 g/mol. The molecule has 0 radical (unpaired) electrons. The Hall–Kier alpha value is -1.43. The molecule has 1 amide bonds. The Kier molecular flexibility index (Phi) is 2.96. The van der Waals surface area contributed by atoms with Crippen molar-refractivity contribution in [3.05, 3.63) is 11.9 Å². The second kappa shape index (κ2) is 4.39. The van der Waals surface area contributed by atoms with Crippen LogP contribution in [0.3, 0.4) is 0 Å². The summed E-state index contributed by atoms with van der Waals surface area (Å²) in [6.07, 6.45) is 2.75. The highest BCUT2D eigenvalue weighted by molar-refractivity contribution is 5.91. The second-order valence-electron chi connectivity index (χ2n) is 3.59. The van der Waals surface area contributed by atoms with Crippen LogP contribution in [0.25, 0.3) is 0 Å². The van der Waals surface area contributed by atoms with Crippen LogP contribution in [-0.2, 0) is 0 Å². The quantitative estimate of drug-likeness (QED) is 0.708. The molecule has 1 aliphatic rings. The molecule has 2 rings (SSSR count). The van der Waals surface area contributed by atoms with Crippen molar-refractivity contribution in [3.63, 3.8) is 0 Å². The van der Waals surface area contributed by atoms with Gasteiger partial charge in [0.2, 0.25) is 0 Å². The number of hydrogen-bond acceptors (Lipinski definition) is 4. The van der Waals surface area contributed by atoms with Crippen molar-refractivity contribution in [1.82, 2.24) is 25.6 Å². The number of amides is 1. The van der Waals surface area contributed by atoms with Crippen molar-refractivity contribution in [1.29, 1.82) is 0 Å². The molecule has 0 bridgehead atoms. The summed E-state index contributed by atoms with van der Waals surface area (Å²) in [6.45, 7) is 4.39. The van der Waals surface area contributed by atoms with Gasteiger partial charge < -0.3 is 10.6 Å². The molecule has 1 unspecified atom stereocenters. The minimum Gasteiger partial charge on any atom is -0.351 e. The minimum absolute atomic E-state index is 0.158. The average Bonchev–Trinajstić information content (AvgIpc) is 2.89. The molecule has 15 heavy (non-hydrogen) atoms. The van der Waals surface area contributed by atoms with Crippen molar-refractivity contribution in [2.45, 2.75) is 19.4 Å². The van der Waals surface area contributed by atoms with Gasteiger partial charge in [0.15, 0.2) is 5.69 Å². The van der Waals surface area contributed by atoms with E-state index in [-0.39, 0.29) is 5.91 Å². The van der Waals surface area contributed by atoms with E-state index in [0.29, 0.717) is 18.3 Å². The lowest BCUT2D eigenvalue weighted by Crippen LogP contribution is -2.23. The monoisotopic (exact) mass is 209 g/mol. The first-order valence-corrected chi connectivity index (χ1v) is 5.22. The van der Waals surface area contributed by atoms with Gasteiger partial charge in [0, 0.05) is 13.1 Å². The maximum Gasteiger partial charge on any atom is 0.273 e. The molecule has 0 spiro atoms. The van der Waals surface area contributed by atoms with Gasteiger partial charge in [-0.05, 0) is 19.9 Å². The Morgan fingerprint density at radius 2 is 2.67 bits per heavy atom. The van der Waals surface area contributed by atoms with E-state index < -0.39 is 0 Å². The lowest BCUT2D eigenvalue weighted by Gasteiger charge is -2.05. The van der Waals surface area contributed by atoms with Gasteiger partial charge >= 0.3 is 0 Å². The second-order valence-corrected chi connectivity index (χ2v) is 3.59.